The number of nitrogens with zero attached hydrogens (tertiary/aromatic N) is 9. The van der Waals surface area contributed by atoms with Gasteiger partial charge in [-0.3, -0.25) is 0 Å². The van der Waals surface area contributed by atoms with Crippen LogP contribution in [0.5, 0.6) is 0 Å². The van der Waals surface area contributed by atoms with E-state index in [-0.39, 0.29) is 19.3 Å². The average Bonchev–Trinajstić information content (AvgIpc) is 3.01. The summed E-state index contributed by atoms with van der Waals surface area (Å²) in [6.07, 6.45) is 1.98. The number of ether oxygens (including phenoxy) is 3. The van der Waals surface area contributed by atoms with Crippen molar-refractivity contribution in [2.24, 2.45) is 0 Å². The maximum absolute atomic E-state index is 9.80. The van der Waals surface area contributed by atoms with Gasteiger partial charge in [0, 0.05) is 86.3 Å². The summed E-state index contributed by atoms with van der Waals surface area (Å²) in [4.78, 5) is 31.2. The third kappa shape index (κ3) is 7.66. The van der Waals surface area contributed by atoms with Gasteiger partial charge in [-0.05, 0) is 26.8 Å². The number of aliphatic hydroxyl groups excluding tert-OH is 2. The molecule has 14 nitrogen and oxygen atoms in total. The molecule has 14 heteroatoms. The van der Waals surface area contributed by atoms with Gasteiger partial charge in [0.05, 0.1) is 32.5 Å². The highest BCUT2D eigenvalue weighted by molar-refractivity contribution is 5.95. The number of likely N-dealkylation sites (N-methyl/N-ethyl adjacent to an activating group) is 1. The van der Waals surface area contributed by atoms with Crippen molar-refractivity contribution in [1.29, 1.82) is 0 Å². The van der Waals surface area contributed by atoms with Crippen LogP contribution in [0.3, 0.4) is 0 Å². The number of hydrogen-bond acceptors (Lipinski definition) is 14. The van der Waals surface area contributed by atoms with Gasteiger partial charge in [-0.1, -0.05) is 0 Å². The molecule has 1 unspecified atom stereocenters. The zero-order valence-electron chi connectivity index (χ0n) is 25.9. The smallest absolute Gasteiger partial charge is 0.228 e. The standard InChI is InChI=1S/C28H49N9O5/c1-21-20-37(11-10-33(21)2)26-24-23(29-27(32-26)35(12-16-38)13-17-39)25(34-8-6-22(42-5)7-9-34)31-28(30-24)36(14-18-40-3)15-19-41-4/h21-22,38-39H,6-20H2,1-5H3. The fraction of sp³-hybridized carbons (Fsp3) is 0.786. The van der Waals surface area contributed by atoms with Crippen molar-refractivity contribution in [3.63, 3.8) is 0 Å². The lowest BCUT2D eigenvalue weighted by Gasteiger charge is -2.39. The zero-order valence-corrected chi connectivity index (χ0v) is 25.9. The summed E-state index contributed by atoms with van der Waals surface area (Å²) in [6, 6.07) is 0.326. The number of aromatic nitrogens is 4. The maximum atomic E-state index is 9.80. The summed E-state index contributed by atoms with van der Waals surface area (Å²) >= 11 is 0. The topological polar surface area (TPSA) is 136 Å². The van der Waals surface area contributed by atoms with Crippen LogP contribution in [0.1, 0.15) is 19.8 Å². The van der Waals surface area contributed by atoms with E-state index >= 15 is 0 Å². The van der Waals surface area contributed by atoms with E-state index in [2.05, 4.69) is 33.6 Å². The number of fused-ring (bicyclic) bond motifs is 1. The van der Waals surface area contributed by atoms with Crippen LogP contribution in [-0.4, -0.2) is 161 Å². The molecule has 1 atom stereocenters. The van der Waals surface area contributed by atoms with Crippen LogP contribution >= 0.6 is 0 Å². The van der Waals surface area contributed by atoms with Gasteiger partial charge in [0.2, 0.25) is 11.9 Å². The van der Waals surface area contributed by atoms with Gasteiger partial charge < -0.3 is 48.9 Å². The average molecular weight is 592 g/mol. The Balaban J connectivity index is 1.93. The van der Waals surface area contributed by atoms with Crippen LogP contribution in [-0.2, 0) is 14.2 Å². The molecule has 2 fully saturated rings. The largest absolute Gasteiger partial charge is 0.395 e. The van der Waals surface area contributed by atoms with Gasteiger partial charge in [-0.15, -0.1) is 0 Å². The van der Waals surface area contributed by atoms with Crippen LogP contribution in [0.25, 0.3) is 11.0 Å². The van der Waals surface area contributed by atoms with Crippen LogP contribution < -0.4 is 19.6 Å². The molecular weight excluding hydrogens is 542 g/mol. The van der Waals surface area contributed by atoms with Gasteiger partial charge in [0.25, 0.3) is 0 Å². The van der Waals surface area contributed by atoms with E-state index in [1.165, 1.54) is 0 Å². The molecule has 42 heavy (non-hydrogen) atoms. The predicted molar refractivity (Wildman–Crippen MR) is 164 cm³/mol. The third-order valence-electron chi connectivity index (χ3n) is 8.25. The highest BCUT2D eigenvalue weighted by Gasteiger charge is 2.30. The minimum absolute atomic E-state index is 0.0803. The van der Waals surface area contributed by atoms with E-state index in [9.17, 15) is 10.2 Å². The predicted octanol–water partition coefficient (Wildman–Crippen LogP) is 0.0655. The first-order chi connectivity index (χ1) is 20.4. The Kier molecular flexibility index (Phi) is 12.1. The van der Waals surface area contributed by atoms with Crippen molar-refractivity contribution in [3.05, 3.63) is 0 Å². The van der Waals surface area contributed by atoms with Gasteiger partial charge in [0.1, 0.15) is 11.0 Å². The zero-order chi connectivity index (χ0) is 30.1. The number of methoxy groups -OCH3 is 3. The second kappa shape index (κ2) is 15.7. The lowest BCUT2D eigenvalue weighted by Crippen LogP contribution is -2.50. The van der Waals surface area contributed by atoms with Crippen molar-refractivity contribution in [3.8, 4) is 0 Å². The van der Waals surface area contributed by atoms with Crippen molar-refractivity contribution in [2.45, 2.75) is 31.9 Å². The summed E-state index contributed by atoms with van der Waals surface area (Å²) in [5.74, 6) is 2.53. The van der Waals surface area contributed by atoms with Crippen molar-refractivity contribution in [2.75, 3.05) is 133 Å². The number of piperidine rings is 1. The molecule has 2 aliphatic heterocycles. The monoisotopic (exact) mass is 591 g/mol. The molecule has 0 bridgehead atoms. The SMILES string of the molecule is COCCN(CCOC)c1nc(N2CCC(OC)CC2)c2nc(N(CCO)CCO)nc(N3CCN(C)C(C)C3)c2n1. The first-order valence-electron chi connectivity index (χ1n) is 15.0. The quantitative estimate of drug-likeness (QED) is 0.289. The van der Waals surface area contributed by atoms with Gasteiger partial charge in [-0.2, -0.15) is 9.97 Å². The molecule has 2 aromatic heterocycles. The van der Waals surface area contributed by atoms with E-state index in [4.69, 9.17) is 34.1 Å². The fourth-order valence-electron chi connectivity index (χ4n) is 5.50. The molecular formula is C28H49N9O5. The third-order valence-corrected chi connectivity index (χ3v) is 8.25. The van der Waals surface area contributed by atoms with E-state index < -0.39 is 0 Å². The van der Waals surface area contributed by atoms with E-state index in [0.717, 1.165) is 57.2 Å². The molecule has 0 aromatic carbocycles. The normalized spacial score (nSPS) is 18.7. The van der Waals surface area contributed by atoms with E-state index in [1.807, 2.05) is 4.90 Å². The summed E-state index contributed by atoms with van der Waals surface area (Å²) in [7, 11) is 7.28. The van der Waals surface area contributed by atoms with Gasteiger partial charge in [-0.25, -0.2) is 9.97 Å². The molecule has 0 amide bonds. The minimum atomic E-state index is -0.0803. The second-order valence-corrected chi connectivity index (χ2v) is 11.0. The molecule has 4 heterocycles. The summed E-state index contributed by atoms with van der Waals surface area (Å²) in [5, 5.41) is 19.6. The van der Waals surface area contributed by atoms with Gasteiger partial charge in [0.15, 0.2) is 11.6 Å². The lowest BCUT2D eigenvalue weighted by atomic mass is 10.1. The summed E-state index contributed by atoms with van der Waals surface area (Å²) < 4.78 is 16.5. The van der Waals surface area contributed by atoms with Crippen LogP contribution in [0.4, 0.5) is 23.5 Å². The number of hydrogen-bond donors (Lipinski definition) is 2. The summed E-state index contributed by atoms with van der Waals surface area (Å²) in [5.41, 5.74) is 1.36. The molecule has 2 aliphatic rings. The van der Waals surface area contributed by atoms with Crippen LogP contribution in [0.15, 0.2) is 0 Å². The molecule has 0 aliphatic carbocycles. The maximum Gasteiger partial charge on any atom is 0.228 e. The molecule has 2 saturated heterocycles. The number of rotatable bonds is 15. The first-order valence-corrected chi connectivity index (χ1v) is 15.0. The van der Waals surface area contributed by atoms with Crippen molar-refractivity contribution >= 4 is 34.6 Å². The Morgan fingerprint density at radius 2 is 1.26 bits per heavy atom. The Hall–Kier alpha value is -2.62. The highest BCUT2D eigenvalue weighted by atomic mass is 16.5. The fourth-order valence-corrected chi connectivity index (χ4v) is 5.50. The Bertz CT molecular complexity index is 1110. The number of aliphatic hydroxyl groups is 2. The van der Waals surface area contributed by atoms with E-state index in [1.54, 1.807) is 21.3 Å². The second-order valence-electron chi connectivity index (χ2n) is 11.0. The molecule has 0 spiro atoms. The molecule has 0 radical (unpaired) electrons. The Morgan fingerprint density at radius 1 is 0.738 bits per heavy atom. The molecule has 4 rings (SSSR count). The van der Waals surface area contributed by atoms with Crippen LogP contribution in [0, 0.1) is 0 Å². The summed E-state index contributed by atoms with van der Waals surface area (Å²) in [6.45, 7) is 8.94. The highest BCUT2D eigenvalue weighted by Crippen LogP contribution is 2.34. The molecule has 0 saturated carbocycles. The Labute approximate surface area is 249 Å². The van der Waals surface area contributed by atoms with Gasteiger partial charge >= 0.3 is 0 Å². The first kappa shape index (κ1) is 32.3. The minimum Gasteiger partial charge on any atom is -0.395 e. The Morgan fingerprint density at radius 3 is 1.74 bits per heavy atom. The number of piperazine rings is 1. The molecule has 2 aromatic rings. The lowest BCUT2D eigenvalue weighted by molar-refractivity contribution is 0.0818. The molecule has 2 N–H and O–H groups in total. The number of anilines is 4. The molecule has 236 valence electrons. The van der Waals surface area contributed by atoms with Crippen molar-refractivity contribution in [1.82, 2.24) is 24.8 Å². The van der Waals surface area contributed by atoms with Crippen molar-refractivity contribution < 1.29 is 24.4 Å². The van der Waals surface area contributed by atoms with E-state index in [0.29, 0.717) is 68.4 Å². The van der Waals surface area contributed by atoms with Crippen LogP contribution in [0.2, 0.25) is 0 Å².